The van der Waals surface area contributed by atoms with Crippen LogP contribution in [0.5, 0.6) is 0 Å². The van der Waals surface area contributed by atoms with Crippen molar-refractivity contribution in [3.8, 4) is 0 Å². The van der Waals surface area contributed by atoms with Crippen molar-refractivity contribution in [2.75, 3.05) is 19.8 Å². The van der Waals surface area contributed by atoms with Crippen LogP contribution in [-0.2, 0) is 23.7 Å². The van der Waals surface area contributed by atoms with Crippen LogP contribution in [-0.4, -0.2) is 140 Å². The Hall–Kier alpha value is -3.61. The fourth-order valence-electron chi connectivity index (χ4n) is 9.09. The van der Waals surface area contributed by atoms with Gasteiger partial charge in [0, 0.05) is 6.42 Å². The number of allylic oxidation sites excluding steroid dienone is 20. The van der Waals surface area contributed by atoms with Gasteiger partial charge < -0.3 is 65.1 Å². The smallest absolute Gasteiger partial charge is 0.220 e. The van der Waals surface area contributed by atoms with Crippen molar-refractivity contribution in [3.05, 3.63) is 122 Å². The monoisotopic (exact) mass is 1110 g/mol. The van der Waals surface area contributed by atoms with Crippen LogP contribution in [0, 0.1) is 0 Å². The quantitative estimate of drug-likeness (QED) is 0.0204. The number of unbranched alkanes of at least 4 members (excludes halogenated alkanes) is 13. The molecule has 2 heterocycles. The van der Waals surface area contributed by atoms with E-state index in [2.05, 4.69) is 141 Å². The van der Waals surface area contributed by atoms with Crippen molar-refractivity contribution in [1.82, 2.24) is 5.32 Å². The maximum Gasteiger partial charge on any atom is 0.220 e. The Kier molecular flexibility index (Phi) is 44.4. The second-order valence-corrected chi connectivity index (χ2v) is 20.7. The number of aliphatic hydroxyl groups excluding tert-OH is 8. The van der Waals surface area contributed by atoms with Gasteiger partial charge >= 0.3 is 0 Å². The lowest BCUT2D eigenvalue weighted by Gasteiger charge is -2.46. The maximum absolute atomic E-state index is 13.2. The van der Waals surface area contributed by atoms with E-state index in [0.29, 0.717) is 12.8 Å². The van der Waals surface area contributed by atoms with Gasteiger partial charge in [0.25, 0.3) is 0 Å². The topological polar surface area (TPSA) is 228 Å². The Morgan fingerprint density at radius 1 is 0.468 bits per heavy atom. The lowest BCUT2D eigenvalue weighted by atomic mass is 9.97. The molecule has 14 nitrogen and oxygen atoms in total. The van der Waals surface area contributed by atoms with Crippen LogP contribution < -0.4 is 5.32 Å². The van der Waals surface area contributed by atoms with Crippen LogP contribution in [0.25, 0.3) is 0 Å². The molecule has 2 fully saturated rings. The SMILES string of the molecule is CC/C=C\C/C=C\C/C=C\C/C=C\C/C=C\C/C=C\C/C=C\C/C=C\C/C=C\C/C=C\CCCCCCCCC(=O)NC(COC1OC(CO)C(OC2OC(CO)C(O)C(O)C2O)C(O)C1O)C(O)CCCCCCCCCC. The van der Waals surface area contributed by atoms with Crippen LogP contribution in [0.2, 0.25) is 0 Å². The van der Waals surface area contributed by atoms with Crippen LogP contribution in [0.4, 0.5) is 0 Å². The van der Waals surface area contributed by atoms with Crippen molar-refractivity contribution >= 4 is 5.91 Å². The first kappa shape index (κ1) is 71.5. The Bertz CT molecular complexity index is 1790. The van der Waals surface area contributed by atoms with Gasteiger partial charge in [-0.05, 0) is 89.9 Å². The third-order valence-electron chi connectivity index (χ3n) is 13.9. The van der Waals surface area contributed by atoms with Gasteiger partial charge in [-0.25, -0.2) is 0 Å². The zero-order valence-corrected chi connectivity index (χ0v) is 48.3. The van der Waals surface area contributed by atoms with Crippen molar-refractivity contribution in [1.29, 1.82) is 0 Å². The number of hydrogen-bond acceptors (Lipinski definition) is 13. The summed E-state index contributed by atoms with van der Waals surface area (Å²) in [7, 11) is 0. The zero-order chi connectivity index (χ0) is 57.4. The van der Waals surface area contributed by atoms with E-state index in [1.165, 1.54) is 25.7 Å². The van der Waals surface area contributed by atoms with E-state index in [1.54, 1.807) is 0 Å². The molecule has 2 aliphatic rings. The van der Waals surface area contributed by atoms with E-state index < -0.39 is 86.8 Å². The highest BCUT2D eigenvalue weighted by molar-refractivity contribution is 5.76. The van der Waals surface area contributed by atoms with E-state index in [0.717, 1.165) is 128 Å². The minimum atomic E-state index is -1.79. The van der Waals surface area contributed by atoms with Crippen molar-refractivity contribution in [2.24, 2.45) is 0 Å². The molecule has 0 aliphatic carbocycles. The second-order valence-electron chi connectivity index (χ2n) is 20.7. The lowest BCUT2D eigenvalue weighted by Crippen LogP contribution is -2.65. The van der Waals surface area contributed by atoms with E-state index in [-0.39, 0.29) is 18.9 Å². The average molecular weight is 1110 g/mol. The predicted molar refractivity (Wildman–Crippen MR) is 318 cm³/mol. The highest BCUT2D eigenvalue weighted by atomic mass is 16.7. The summed E-state index contributed by atoms with van der Waals surface area (Å²) >= 11 is 0. The molecule has 12 unspecified atom stereocenters. The minimum Gasteiger partial charge on any atom is -0.394 e. The average Bonchev–Trinajstić information content (AvgIpc) is 3.47. The second kappa shape index (κ2) is 49.0. The fraction of sp³-hybridized carbons (Fsp3) is 0.677. The highest BCUT2D eigenvalue weighted by Crippen LogP contribution is 2.30. The number of hydrogen-bond donors (Lipinski definition) is 9. The van der Waals surface area contributed by atoms with E-state index in [4.69, 9.17) is 18.9 Å². The van der Waals surface area contributed by atoms with Crippen molar-refractivity contribution in [2.45, 2.75) is 261 Å². The first-order valence-electron chi connectivity index (χ1n) is 30.3. The normalized spacial score (nSPS) is 25.3. The minimum absolute atomic E-state index is 0.231. The van der Waals surface area contributed by atoms with Gasteiger partial charge in [0.2, 0.25) is 5.91 Å². The summed E-state index contributed by atoms with van der Waals surface area (Å²) in [6.45, 7) is 2.66. The molecule has 0 aromatic rings. The first-order valence-corrected chi connectivity index (χ1v) is 30.3. The molecule has 450 valence electrons. The number of carbonyl (C=O) groups is 1. The van der Waals surface area contributed by atoms with Crippen LogP contribution in [0.15, 0.2) is 122 Å². The number of ether oxygens (including phenoxy) is 4. The van der Waals surface area contributed by atoms with Gasteiger partial charge in [0.1, 0.15) is 48.8 Å². The molecule has 1 amide bonds. The van der Waals surface area contributed by atoms with Crippen molar-refractivity contribution in [3.63, 3.8) is 0 Å². The molecule has 0 saturated carbocycles. The Labute approximate surface area is 476 Å². The standard InChI is InChI=1S/C65H107NO13/c1-3-5-7-9-11-13-14-15-16-17-18-19-20-21-22-23-24-25-26-27-28-29-30-31-32-33-34-35-36-37-38-39-40-41-43-45-47-49-57(70)66-53(54(69)48-46-44-42-12-10-8-6-4-2)52-76-64-62(75)60(73)63(56(51-68)78-64)79-65-61(74)59(72)58(71)55(50-67)77-65/h5,7,11,13,15-16,18-19,21-22,24-25,27-28,30-31,33-34,36-37,53-56,58-65,67-69,71-75H,3-4,6,8-10,12,14,17,20,23,26,29,32,35,38-52H2,1-2H3,(H,66,70)/b7-5-,13-11-,16-15-,19-18-,22-21-,25-24-,28-27-,31-30-,34-33-,37-36-. The molecule has 0 bridgehead atoms. The Morgan fingerprint density at radius 2 is 0.873 bits per heavy atom. The summed E-state index contributed by atoms with van der Waals surface area (Å²) in [5.41, 5.74) is 0. The highest BCUT2D eigenvalue weighted by Gasteiger charge is 2.51. The number of aliphatic hydroxyl groups is 8. The summed E-state index contributed by atoms with van der Waals surface area (Å²) in [6.07, 6.45) is 53.8. The molecule has 9 N–H and O–H groups in total. The van der Waals surface area contributed by atoms with E-state index in [1.807, 2.05) is 0 Å². The molecule has 0 aromatic carbocycles. The summed E-state index contributed by atoms with van der Waals surface area (Å²) in [5.74, 6) is -0.231. The Morgan fingerprint density at radius 3 is 1.34 bits per heavy atom. The van der Waals surface area contributed by atoms with E-state index in [9.17, 15) is 45.6 Å². The molecule has 0 radical (unpaired) electrons. The molecular formula is C65H107NO13. The van der Waals surface area contributed by atoms with E-state index >= 15 is 0 Å². The van der Waals surface area contributed by atoms with Gasteiger partial charge in [-0.1, -0.05) is 212 Å². The molecule has 79 heavy (non-hydrogen) atoms. The van der Waals surface area contributed by atoms with Crippen LogP contribution in [0.3, 0.4) is 0 Å². The first-order chi connectivity index (χ1) is 38.6. The molecule has 0 spiro atoms. The van der Waals surface area contributed by atoms with Gasteiger partial charge in [-0.2, -0.15) is 0 Å². The van der Waals surface area contributed by atoms with Gasteiger partial charge in [-0.3, -0.25) is 4.79 Å². The van der Waals surface area contributed by atoms with Gasteiger partial charge in [0.15, 0.2) is 12.6 Å². The summed E-state index contributed by atoms with van der Waals surface area (Å²) in [5, 5.41) is 86.9. The fourth-order valence-corrected chi connectivity index (χ4v) is 9.09. The third kappa shape index (κ3) is 34.4. The molecule has 2 rings (SSSR count). The number of amides is 1. The largest absolute Gasteiger partial charge is 0.394 e. The lowest BCUT2D eigenvalue weighted by molar-refractivity contribution is -0.359. The molecular weight excluding hydrogens is 1000 g/mol. The van der Waals surface area contributed by atoms with Gasteiger partial charge in [-0.15, -0.1) is 0 Å². The van der Waals surface area contributed by atoms with Gasteiger partial charge in [0.05, 0.1) is 32.0 Å². The zero-order valence-electron chi connectivity index (χ0n) is 48.3. The predicted octanol–water partition coefficient (Wildman–Crippen LogP) is 10.6. The molecule has 2 saturated heterocycles. The summed E-state index contributed by atoms with van der Waals surface area (Å²) in [6, 6.07) is -0.843. The summed E-state index contributed by atoms with van der Waals surface area (Å²) < 4.78 is 22.7. The number of nitrogens with one attached hydrogen (secondary N) is 1. The van der Waals surface area contributed by atoms with Crippen LogP contribution >= 0.6 is 0 Å². The Balaban J connectivity index is 1.62. The number of rotatable bonds is 46. The maximum atomic E-state index is 13.2. The molecule has 2 aliphatic heterocycles. The molecule has 0 aromatic heterocycles. The van der Waals surface area contributed by atoms with Crippen LogP contribution in [0.1, 0.15) is 187 Å². The number of carbonyl (C=O) groups excluding carboxylic acids is 1. The summed E-state index contributed by atoms with van der Waals surface area (Å²) in [4.78, 5) is 13.2. The molecule has 14 heteroatoms. The third-order valence-corrected chi connectivity index (χ3v) is 13.9. The van der Waals surface area contributed by atoms with Crippen molar-refractivity contribution < 1.29 is 64.6 Å². The molecule has 12 atom stereocenters.